The molecular weight excluding hydrogens is 238 g/mol. The van der Waals surface area contributed by atoms with Crippen LogP contribution in [-0.2, 0) is 16.3 Å². The van der Waals surface area contributed by atoms with Gasteiger partial charge < -0.3 is 0 Å². The zero-order valence-electron chi connectivity index (χ0n) is 8.35. The van der Waals surface area contributed by atoms with E-state index in [2.05, 4.69) is 10.2 Å². The number of rotatable bonds is 2. The highest BCUT2D eigenvalue weighted by atomic mass is 35.5. The molecule has 1 unspecified atom stereocenters. The van der Waals surface area contributed by atoms with Gasteiger partial charge in [0.15, 0.2) is 9.84 Å². The molecule has 2 heterocycles. The molecular formula is C8H12ClN3O2S. The average Bonchev–Trinajstić information content (AvgIpc) is 2.69. The van der Waals surface area contributed by atoms with Gasteiger partial charge in [0.2, 0.25) is 5.28 Å². The van der Waals surface area contributed by atoms with Gasteiger partial charge in [-0.25, -0.2) is 8.42 Å². The fourth-order valence-corrected chi connectivity index (χ4v) is 3.86. The molecule has 1 saturated heterocycles. The van der Waals surface area contributed by atoms with Crippen LogP contribution in [0, 0.1) is 0 Å². The first kappa shape index (κ1) is 10.9. The molecule has 2 rings (SSSR count). The molecule has 0 radical (unpaired) electrons. The maximum Gasteiger partial charge on any atom is 0.225 e. The first-order valence-corrected chi connectivity index (χ1v) is 7.03. The van der Waals surface area contributed by atoms with E-state index in [1.54, 1.807) is 4.57 Å². The minimum absolute atomic E-state index is 0.0903. The second-order valence-electron chi connectivity index (χ2n) is 3.67. The first-order chi connectivity index (χ1) is 7.03. The van der Waals surface area contributed by atoms with Crippen molar-refractivity contribution in [3.05, 3.63) is 11.1 Å². The lowest BCUT2D eigenvalue weighted by Gasteiger charge is -2.12. The Labute approximate surface area is 93.4 Å². The fraction of sp³-hybridized carbons (Fsp3) is 0.750. The zero-order valence-corrected chi connectivity index (χ0v) is 9.92. The number of hydrogen-bond acceptors (Lipinski definition) is 4. The molecule has 1 atom stereocenters. The lowest BCUT2D eigenvalue weighted by atomic mass is 10.2. The SMILES string of the molecule is CCc1nnc(Cl)n1C1CCS(=O)(=O)C1. The summed E-state index contributed by atoms with van der Waals surface area (Å²) in [6.07, 6.45) is 1.31. The van der Waals surface area contributed by atoms with Crippen molar-refractivity contribution >= 4 is 21.4 Å². The minimum atomic E-state index is -2.90. The monoisotopic (exact) mass is 249 g/mol. The van der Waals surface area contributed by atoms with E-state index >= 15 is 0 Å². The van der Waals surface area contributed by atoms with Gasteiger partial charge in [0, 0.05) is 6.42 Å². The molecule has 0 bridgehead atoms. The molecule has 1 fully saturated rings. The number of nitrogens with zero attached hydrogens (tertiary/aromatic N) is 3. The smallest absolute Gasteiger partial charge is 0.225 e. The minimum Gasteiger partial charge on any atom is -0.298 e. The summed E-state index contributed by atoms with van der Waals surface area (Å²) < 4.78 is 24.4. The number of aromatic nitrogens is 3. The summed E-state index contributed by atoms with van der Waals surface area (Å²) in [4.78, 5) is 0. The topological polar surface area (TPSA) is 64.8 Å². The van der Waals surface area contributed by atoms with Crippen LogP contribution in [-0.4, -0.2) is 34.7 Å². The summed E-state index contributed by atoms with van der Waals surface area (Å²) in [5.41, 5.74) is 0. The van der Waals surface area contributed by atoms with Crippen molar-refractivity contribution in [2.45, 2.75) is 25.8 Å². The van der Waals surface area contributed by atoms with Gasteiger partial charge in [0.25, 0.3) is 0 Å². The predicted molar refractivity (Wildman–Crippen MR) is 56.7 cm³/mol. The second kappa shape index (κ2) is 3.75. The van der Waals surface area contributed by atoms with Crippen molar-refractivity contribution in [2.24, 2.45) is 0 Å². The molecule has 1 aromatic heterocycles. The van der Waals surface area contributed by atoms with Gasteiger partial charge in [0.1, 0.15) is 5.82 Å². The summed E-state index contributed by atoms with van der Waals surface area (Å²) in [6.45, 7) is 1.94. The van der Waals surface area contributed by atoms with E-state index in [0.717, 1.165) is 5.82 Å². The Morgan fingerprint density at radius 2 is 2.27 bits per heavy atom. The Kier molecular flexibility index (Phi) is 2.72. The van der Waals surface area contributed by atoms with Crippen molar-refractivity contribution in [3.8, 4) is 0 Å². The van der Waals surface area contributed by atoms with Gasteiger partial charge in [-0.3, -0.25) is 4.57 Å². The van der Waals surface area contributed by atoms with Crippen LogP contribution in [0.3, 0.4) is 0 Å². The van der Waals surface area contributed by atoms with E-state index in [4.69, 9.17) is 11.6 Å². The number of halogens is 1. The summed E-state index contributed by atoms with van der Waals surface area (Å²) in [7, 11) is -2.90. The number of aryl methyl sites for hydroxylation is 1. The van der Waals surface area contributed by atoms with E-state index in [9.17, 15) is 8.42 Å². The average molecular weight is 250 g/mol. The van der Waals surface area contributed by atoms with E-state index in [-0.39, 0.29) is 22.8 Å². The fourth-order valence-electron chi connectivity index (χ4n) is 1.88. The standard InChI is InChI=1S/C8H12ClN3O2S/c1-2-7-10-11-8(9)12(7)6-3-4-15(13,14)5-6/h6H,2-5H2,1H3. The van der Waals surface area contributed by atoms with Crippen LogP contribution in [0.25, 0.3) is 0 Å². The van der Waals surface area contributed by atoms with Crippen molar-refractivity contribution in [2.75, 3.05) is 11.5 Å². The molecule has 1 aromatic rings. The van der Waals surface area contributed by atoms with Gasteiger partial charge in [-0.2, -0.15) is 0 Å². The molecule has 15 heavy (non-hydrogen) atoms. The van der Waals surface area contributed by atoms with Crippen LogP contribution in [0.1, 0.15) is 25.2 Å². The third-order valence-corrected chi connectivity index (χ3v) is 4.62. The molecule has 1 aliphatic rings. The van der Waals surface area contributed by atoms with E-state index in [1.165, 1.54) is 0 Å². The molecule has 0 aliphatic carbocycles. The molecule has 5 nitrogen and oxygen atoms in total. The predicted octanol–water partition coefficient (Wildman–Crippen LogP) is 0.854. The van der Waals surface area contributed by atoms with Crippen molar-refractivity contribution in [1.82, 2.24) is 14.8 Å². The Balaban J connectivity index is 2.34. The Hall–Kier alpha value is -0.620. The largest absolute Gasteiger partial charge is 0.298 e. The van der Waals surface area contributed by atoms with Gasteiger partial charge in [-0.15, -0.1) is 10.2 Å². The highest BCUT2D eigenvalue weighted by Crippen LogP contribution is 2.27. The van der Waals surface area contributed by atoms with Crippen LogP contribution in [0.2, 0.25) is 5.28 Å². The molecule has 1 aliphatic heterocycles. The van der Waals surface area contributed by atoms with Crippen LogP contribution < -0.4 is 0 Å². The summed E-state index contributed by atoms with van der Waals surface area (Å²) in [5.74, 6) is 1.13. The van der Waals surface area contributed by atoms with Crippen molar-refractivity contribution in [3.63, 3.8) is 0 Å². The van der Waals surface area contributed by atoms with Crippen molar-refractivity contribution in [1.29, 1.82) is 0 Å². The summed E-state index contributed by atoms with van der Waals surface area (Å²) in [5, 5.41) is 7.96. The molecule has 7 heteroatoms. The maximum absolute atomic E-state index is 11.3. The van der Waals surface area contributed by atoms with Gasteiger partial charge in [-0.05, 0) is 18.0 Å². The van der Waals surface area contributed by atoms with Gasteiger partial charge >= 0.3 is 0 Å². The number of sulfone groups is 1. The van der Waals surface area contributed by atoms with Gasteiger partial charge in [0.05, 0.1) is 17.5 Å². The van der Waals surface area contributed by atoms with Crippen LogP contribution in [0.5, 0.6) is 0 Å². The quantitative estimate of drug-likeness (QED) is 0.780. The van der Waals surface area contributed by atoms with Gasteiger partial charge in [-0.1, -0.05) is 6.92 Å². The maximum atomic E-state index is 11.3. The lowest BCUT2D eigenvalue weighted by Crippen LogP contribution is -2.13. The van der Waals surface area contributed by atoms with E-state index < -0.39 is 9.84 Å². The molecule has 84 valence electrons. The Bertz CT molecular complexity index is 468. The normalized spacial score (nSPS) is 24.5. The summed E-state index contributed by atoms with van der Waals surface area (Å²) in [6, 6.07) is -0.0903. The summed E-state index contributed by atoms with van der Waals surface area (Å²) >= 11 is 5.89. The lowest BCUT2D eigenvalue weighted by molar-refractivity contribution is 0.534. The highest BCUT2D eigenvalue weighted by molar-refractivity contribution is 7.91. The third-order valence-electron chi connectivity index (χ3n) is 2.61. The van der Waals surface area contributed by atoms with Crippen molar-refractivity contribution < 1.29 is 8.42 Å². The van der Waals surface area contributed by atoms with Crippen LogP contribution >= 0.6 is 11.6 Å². The molecule has 0 saturated carbocycles. The molecule has 0 amide bonds. The Morgan fingerprint density at radius 1 is 1.53 bits per heavy atom. The molecule has 0 aromatic carbocycles. The molecule has 0 N–H and O–H groups in total. The van der Waals surface area contributed by atoms with E-state index in [1.807, 2.05) is 6.92 Å². The highest BCUT2D eigenvalue weighted by Gasteiger charge is 2.31. The first-order valence-electron chi connectivity index (χ1n) is 4.83. The van der Waals surface area contributed by atoms with E-state index in [0.29, 0.717) is 12.8 Å². The number of hydrogen-bond donors (Lipinski definition) is 0. The Morgan fingerprint density at radius 3 is 2.80 bits per heavy atom. The second-order valence-corrected chi connectivity index (χ2v) is 6.23. The zero-order chi connectivity index (χ0) is 11.1. The van der Waals surface area contributed by atoms with Crippen LogP contribution in [0.4, 0.5) is 0 Å². The third kappa shape index (κ3) is 2.01. The molecule has 0 spiro atoms. The van der Waals surface area contributed by atoms with Crippen LogP contribution in [0.15, 0.2) is 0 Å².